The molecule has 16 heavy (non-hydrogen) atoms. The van der Waals surface area contributed by atoms with Crippen LogP contribution in [0.3, 0.4) is 0 Å². The maximum absolute atomic E-state index is 13.6. The predicted molar refractivity (Wildman–Crippen MR) is 66.5 cm³/mol. The van der Waals surface area contributed by atoms with Gasteiger partial charge >= 0.3 is 0 Å². The van der Waals surface area contributed by atoms with E-state index < -0.39 is 0 Å². The van der Waals surface area contributed by atoms with Gasteiger partial charge in [0.1, 0.15) is 5.82 Å². The maximum atomic E-state index is 13.6. The van der Waals surface area contributed by atoms with E-state index in [0.717, 1.165) is 4.47 Å². The fraction of sp³-hybridized carbons (Fsp3) is 0.500. The molecule has 90 valence electrons. The Morgan fingerprint density at radius 2 is 2.00 bits per heavy atom. The molecule has 0 fully saturated rings. The Labute approximate surface area is 104 Å². The molecule has 0 saturated carbocycles. The van der Waals surface area contributed by atoms with Crippen molar-refractivity contribution in [2.45, 2.75) is 39.3 Å². The van der Waals surface area contributed by atoms with Gasteiger partial charge in [0.25, 0.3) is 0 Å². The molecule has 1 rings (SSSR count). The Bertz CT molecular complexity index is 363. The van der Waals surface area contributed by atoms with Crippen LogP contribution < -0.4 is 5.48 Å². The minimum Gasteiger partial charge on any atom is -0.296 e. The lowest BCUT2D eigenvalue weighted by molar-refractivity contribution is -0.0870. The van der Waals surface area contributed by atoms with Crippen molar-refractivity contribution >= 4 is 15.9 Å². The molecule has 0 aromatic heterocycles. The topological polar surface area (TPSA) is 21.3 Å². The van der Waals surface area contributed by atoms with Gasteiger partial charge in [0.2, 0.25) is 0 Å². The molecule has 1 aromatic carbocycles. The quantitative estimate of drug-likeness (QED) is 0.850. The third-order valence-corrected chi connectivity index (χ3v) is 2.46. The molecule has 2 nitrogen and oxygen atoms in total. The molecule has 0 aliphatic carbocycles. The van der Waals surface area contributed by atoms with Gasteiger partial charge < -0.3 is 0 Å². The van der Waals surface area contributed by atoms with E-state index in [-0.39, 0.29) is 17.5 Å². The van der Waals surface area contributed by atoms with E-state index >= 15 is 0 Å². The van der Waals surface area contributed by atoms with Crippen LogP contribution in [0.4, 0.5) is 4.39 Å². The number of hydrogen-bond donors (Lipinski definition) is 1. The second-order valence-electron chi connectivity index (χ2n) is 4.72. The molecule has 0 amide bonds. The second-order valence-corrected chi connectivity index (χ2v) is 5.64. The molecule has 0 radical (unpaired) electrons. The van der Waals surface area contributed by atoms with Crippen molar-refractivity contribution < 1.29 is 9.23 Å². The molecular weight excluding hydrogens is 273 g/mol. The van der Waals surface area contributed by atoms with Gasteiger partial charge in [0.15, 0.2) is 0 Å². The average Bonchev–Trinajstić information content (AvgIpc) is 2.13. The lowest BCUT2D eigenvalue weighted by atomic mass is 10.1. The van der Waals surface area contributed by atoms with E-state index in [9.17, 15) is 4.39 Å². The molecular formula is C12H17BrFNO. The molecule has 1 N–H and O–H groups in total. The summed E-state index contributed by atoms with van der Waals surface area (Å²) in [5.74, 6) is -0.244. The predicted octanol–water partition coefficient (Wildman–Crippen LogP) is 3.97. The van der Waals surface area contributed by atoms with Crippen molar-refractivity contribution in [1.82, 2.24) is 5.48 Å². The largest absolute Gasteiger partial charge is 0.296 e. The van der Waals surface area contributed by atoms with Gasteiger partial charge in [-0.25, -0.2) is 4.39 Å². The van der Waals surface area contributed by atoms with Crippen molar-refractivity contribution in [1.29, 1.82) is 0 Å². The highest BCUT2D eigenvalue weighted by atomic mass is 79.9. The molecule has 1 atom stereocenters. The van der Waals surface area contributed by atoms with Crippen LogP contribution in [0.25, 0.3) is 0 Å². The number of nitrogens with one attached hydrogen (secondary N) is 1. The molecule has 0 heterocycles. The zero-order chi connectivity index (χ0) is 12.3. The van der Waals surface area contributed by atoms with Crippen LogP contribution in [-0.2, 0) is 4.84 Å². The number of hydrogen-bond acceptors (Lipinski definition) is 2. The van der Waals surface area contributed by atoms with Gasteiger partial charge in [-0.2, -0.15) is 5.48 Å². The van der Waals surface area contributed by atoms with Gasteiger partial charge in [0, 0.05) is 10.0 Å². The summed E-state index contributed by atoms with van der Waals surface area (Å²) >= 11 is 3.22. The van der Waals surface area contributed by atoms with E-state index in [4.69, 9.17) is 4.84 Å². The summed E-state index contributed by atoms with van der Waals surface area (Å²) in [4.78, 5) is 5.40. The molecule has 0 saturated heterocycles. The highest BCUT2D eigenvalue weighted by Gasteiger charge is 2.15. The van der Waals surface area contributed by atoms with E-state index in [1.165, 1.54) is 6.07 Å². The summed E-state index contributed by atoms with van der Waals surface area (Å²) in [6.07, 6.45) is 0. The van der Waals surface area contributed by atoms with Gasteiger partial charge in [-0.1, -0.05) is 22.0 Å². The summed E-state index contributed by atoms with van der Waals surface area (Å²) in [6.45, 7) is 7.66. The summed E-state index contributed by atoms with van der Waals surface area (Å²) in [5, 5.41) is 0. The zero-order valence-corrected chi connectivity index (χ0v) is 11.6. The third kappa shape index (κ3) is 4.20. The fourth-order valence-corrected chi connectivity index (χ4v) is 1.51. The molecule has 1 aromatic rings. The minimum absolute atomic E-state index is 0.188. The Balaban J connectivity index is 2.70. The monoisotopic (exact) mass is 289 g/mol. The Morgan fingerprint density at radius 1 is 1.38 bits per heavy atom. The molecule has 0 bridgehead atoms. The normalized spacial score (nSPS) is 13.9. The van der Waals surface area contributed by atoms with Crippen LogP contribution >= 0.6 is 15.9 Å². The number of halogens is 2. The summed E-state index contributed by atoms with van der Waals surface area (Å²) in [7, 11) is 0. The lowest BCUT2D eigenvalue weighted by Gasteiger charge is -2.23. The van der Waals surface area contributed by atoms with Crippen LogP contribution in [0.5, 0.6) is 0 Å². The molecule has 4 heteroatoms. The SMILES string of the molecule is CC(NOC(C)(C)C)c1ccc(Br)cc1F. The maximum Gasteiger partial charge on any atom is 0.129 e. The van der Waals surface area contributed by atoms with E-state index in [1.54, 1.807) is 6.07 Å². The van der Waals surface area contributed by atoms with E-state index in [2.05, 4.69) is 21.4 Å². The van der Waals surface area contributed by atoms with Crippen LogP contribution in [0.2, 0.25) is 0 Å². The highest BCUT2D eigenvalue weighted by Crippen LogP contribution is 2.21. The first-order valence-corrected chi connectivity index (χ1v) is 5.97. The van der Waals surface area contributed by atoms with Gasteiger partial charge in [-0.3, -0.25) is 4.84 Å². The Morgan fingerprint density at radius 3 is 2.50 bits per heavy atom. The first kappa shape index (κ1) is 13.6. The Hall–Kier alpha value is -0.450. The number of benzene rings is 1. The smallest absolute Gasteiger partial charge is 0.129 e. The highest BCUT2D eigenvalue weighted by molar-refractivity contribution is 9.10. The molecule has 1 unspecified atom stereocenters. The summed E-state index contributed by atoms with van der Waals surface area (Å²) < 4.78 is 14.3. The fourth-order valence-electron chi connectivity index (χ4n) is 1.18. The van der Waals surface area contributed by atoms with Crippen molar-refractivity contribution in [2.24, 2.45) is 0 Å². The molecule has 0 spiro atoms. The van der Waals surface area contributed by atoms with Gasteiger partial charge in [-0.15, -0.1) is 0 Å². The van der Waals surface area contributed by atoms with Crippen LogP contribution in [0, 0.1) is 5.82 Å². The second kappa shape index (κ2) is 5.25. The summed E-state index contributed by atoms with van der Waals surface area (Å²) in [6, 6.07) is 4.81. The zero-order valence-electron chi connectivity index (χ0n) is 9.97. The minimum atomic E-state index is -0.292. The summed E-state index contributed by atoms with van der Waals surface area (Å²) in [5.41, 5.74) is 3.14. The first-order valence-electron chi connectivity index (χ1n) is 5.18. The standard InChI is InChI=1S/C12H17BrFNO/c1-8(15-16-12(2,3)4)10-6-5-9(13)7-11(10)14/h5-8,15H,1-4H3. The van der Waals surface area contributed by atoms with Crippen LogP contribution in [-0.4, -0.2) is 5.60 Å². The number of rotatable bonds is 3. The van der Waals surface area contributed by atoms with Crippen LogP contribution in [0.1, 0.15) is 39.3 Å². The van der Waals surface area contributed by atoms with Gasteiger partial charge in [0.05, 0.1) is 11.6 Å². The number of hydroxylamine groups is 1. The van der Waals surface area contributed by atoms with Crippen molar-refractivity contribution in [3.05, 3.63) is 34.1 Å². The van der Waals surface area contributed by atoms with Crippen molar-refractivity contribution in [3.8, 4) is 0 Å². The molecule has 0 aliphatic heterocycles. The molecule has 0 aliphatic rings. The van der Waals surface area contributed by atoms with E-state index in [0.29, 0.717) is 5.56 Å². The lowest BCUT2D eigenvalue weighted by Crippen LogP contribution is -2.31. The van der Waals surface area contributed by atoms with Gasteiger partial charge in [-0.05, 0) is 39.8 Å². The average molecular weight is 290 g/mol. The Kier molecular flexibility index (Phi) is 4.47. The van der Waals surface area contributed by atoms with Crippen molar-refractivity contribution in [3.63, 3.8) is 0 Å². The van der Waals surface area contributed by atoms with Crippen molar-refractivity contribution in [2.75, 3.05) is 0 Å². The third-order valence-electron chi connectivity index (χ3n) is 1.97. The van der Waals surface area contributed by atoms with Crippen LogP contribution in [0.15, 0.2) is 22.7 Å². The first-order chi connectivity index (χ1) is 7.29. The van der Waals surface area contributed by atoms with E-state index in [1.807, 2.05) is 33.8 Å².